The lowest BCUT2D eigenvalue weighted by Crippen LogP contribution is -2.09. The minimum Gasteiger partial charge on any atom is -0.329 e. The standard InChI is InChI=1S/C14H10N6/c15-9-11(19-13-5-1-3-7-17-13)12(10-16)20-14-6-2-4-8-18-14/h1-8H,(H,17,19)(H,18,20)/b12-11-. The SMILES string of the molecule is N#C/C(Nc1ccccn1)=C(\C#N)Nc1ccccn1. The van der Waals surface area contributed by atoms with Gasteiger partial charge in [-0.1, -0.05) is 12.1 Å². The number of hydrogen-bond donors (Lipinski definition) is 2. The summed E-state index contributed by atoms with van der Waals surface area (Å²) >= 11 is 0. The van der Waals surface area contributed by atoms with Crippen LogP contribution < -0.4 is 10.6 Å². The van der Waals surface area contributed by atoms with Crippen LogP contribution in [0.5, 0.6) is 0 Å². The predicted molar refractivity (Wildman–Crippen MR) is 74.0 cm³/mol. The third-order valence-corrected chi connectivity index (χ3v) is 2.31. The second kappa shape index (κ2) is 6.53. The van der Waals surface area contributed by atoms with Crippen LogP contribution in [-0.4, -0.2) is 9.97 Å². The summed E-state index contributed by atoms with van der Waals surface area (Å²) in [6.07, 6.45) is 3.19. The van der Waals surface area contributed by atoms with Crippen molar-refractivity contribution in [2.24, 2.45) is 0 Å². The van der Waals surface area contributed by atoms with Gasteiger partial charge < -0.3 is 10.6 Å². The van der Waals surface area contributed by atoms with Crippen LogP contribution in [0.4, 0.5) is 11.6 Å². The van der Waals surface area contributed by atoms with Gasteiger partial charge in [0.05, 0.1) is 0 Å². The van der Waals surface area contributed by atoms with Gasteiger partial charge in [-0.2, -0.15) is 10.5 Å². The molecule has 2 aromatic heterocycles. The van der Waals surface area contributed by atoms with E-state index in [1.165, 1.54) is 0 Å². The molecule has 0 bridgehead atoms. The van der Waals surface area contributed by atoms with Gasteiger partial charge in [-0.05, 0) is 24.3 Å². The average molecular weight is 262 g/mol. The fourth-order valence-corrected chi connectivity index (χ4v) is 1.42. The number of rotatable bonds is 4. The molecular formula is C14H10N6. The first kappa shape index (κ1) is 13.1. The molecule has 6 nitrogen and oxygen atoms in total. The molecule has 0 fully saturated rings. The Bertz CT molecular complexity index is 618. The van der Waals surface area contributed by atoms with Crippen LogP contribution in [0.1, 0.15) is 0 Å². The second-order valence-electron chi connectivity index (χ2n) is 3.65. The summed E-state index contributed by atoms with van der Waals surface area (Å²) in [4.78, 5) is 8.08. The van der Waals surface area contributed by atoms with E-state index in [-0.39, 0.29) is 11.4 Å². The molecule has 0 spiro atoms. The zero-order chi connectivity index (χ0) is 14.2. The molecule has 0 aliphatic rings. The van der Waals surface area contributed by atoms with E-state index < -0.39 is 0 Å². The van der Waals surface area contributed by atoms with Gasteiger partial charge >= 0.3 is 0 Å². The van der Waals surface area contributed by atoms with Crippen molar-refractivity contribution in [3.05, 3.63) is 60.2 Å². The minimum absolute atomic E-state index is 0.0804. The molecule has 0 amide bonds. The Hall–Kier alpha value is -3.38. The van der Waals surface area contributed by atoms with E-state index in [0.717, 1.165) is 0 Å². The zero-order valence-electron chi connectivity index (χ0n) is 10.4. The van der Waals surface area contributed by atoms with E-state index in [4.69, 9.17) is 10.5 Å². The van der Waals surface area contributed by atoms with Crippen molar-refractivity contribution in [2.75, 3.05) is 10.6 Å². The first-order valence-corrected chi connectivity index (χ1v) is 5.74. The molecule has 20 heavy (non-hydrogen) atoms. The van der Waals surface area contributed by atoms with E-state index in [2.05, 4.69) is 20.6 Å². The molecule has 6 heteroatoms. The van der Waals surface area contributed by atoms with Crippen LogP contribution >= 0.6 is 0 Å². The number of nitrogens with zero attached hydrogens (tertiary/aromatic N) is 4. The Morgan fingerprint density at radius 3 is 1.55 bits per heavy atom. The molecule has 2 rings (SSSR count). The first-order chi connectivity index (χ1) is 9.83. The van der Waals surface area contributed by atoms with E-state index in [0.29, 0.717) is 11.6 Å². The normalized spacial score (nSPS) is 10.7. The zero-order valence-corrected chi connectivity index (χ0v) is 10.4. The van der Waals surface area contributed by atoms with Crippen molar-refractivity contribution < 1.29 is 0 Å². The third kappa shape index (κ3) is 3.31. The van der Waals surface area contributed by atoms with E-state index in [1.807, 2.05) is 12.1 Å². The van der Waals surface area contributed by atoms with Gasteiger partial charge in [0.2, 0.25) is 0 Å². The van der Waals surface area contributed by atoms with Crippen LogP contribution in [0.3, 0.4) is 0 Å². The molecule has 0 radical (unpaired) electrons. The lowest BCUT2D eigenvalue weighted by molar-refractivity contribution is 1.24. The summed E-state index contributed by atoms with van der Waals surface area (Å²) < 4.78 is 0. The quantitative estimate of drug-likeness (QED) is 0.820. The van der Waals surface area contributed by atoms with Crippen LogP contribution in [0.2, 0.25) is 0 Å². The Balaban J connectivity index is 2.26. The van der Waals surface area contributed by atoms with Gasteiger partial charge in [0.1, 0.15) is 23.8 Å². The summed E-state index contributed by atoms with van der Waals surface area (Å²) in [6.45, 7) is 0. The number of nitrogens with one attached hydrogen (secondary N) is 2. The molecule has 2 heterocycles. The van der Waals surface area contributed by atoms with Crippen molar-refractivity contribution in [2.45, 2.75) is 0 Å². The summed E-state index contributed by atoms with van der Waals surface area (Å²) in [5, 5.41) is 23.9. The molecule has 0 saturated carbocycles. The number of aromatic nitrogens is 2. The Morgan fingerprint density at radius 2 is 1.25 bits per heavy atom. The third-order valence-electron chi connectivity index (χ3n) is 2.31. The molecule has 2 N–H and O–H groups in total. The minimum atomic E-state index is 0.0804. The predicted octanol–water partition coefficient (Wildman–Crippen LogP) is 2.26. The van der Waals surface area contributed by atoms with E-state index >= 15 is 0 Å². The number of nitriles is 2. The number of allylic oxidation sites excluding steroid dienone is 2. The molecule has 0 aliphatic heterocycles. The fourth-order valence-electron chi connectivity index (χ4n) is 1.42. The van der Waals surface area contributed by atoms with Crippen molar-refractivity contribution in [3.8, 4) is 12.1 Å². The molecule has 2 aromatic rings. The van der Waals surface area contributed by atoms with Crippen LogP contribution in [0.25, 0.3) is 0 Å². The Labute approximate surface area is 116 Å². The lowest BCUT2D eigenvalue weighted by Gasteiger charge is -2.07. The molecule has 96 valence electrons. The topological polar surface area (TPSA) is 97.4 Å². The van der Waals surface area contributed by atoms with Crippen LogP contribution in [0, 0.1) is 22.7 Å². The highest BCUT2D eigenvalue weighted by molar-refractivity contribution is 5.56. The summed E-state index contributed by atoms with van der Waals surface area (Å²) in [5.74, 6) is 0.972. The van der Waals surface area contributed by atoms with Crippen molar-refractivity contribution in [1.82, 2.24) is 9.97 Å². The molecule has 0 unspecified atom stereocenters. The molecule has 0 aromatic carbocycles. The van der Waals surface area contributed by atoms with Crippen molar-refractivity contribution in [3.63, 3.8) is 0 Å². The molecular weight excluding hydrogens is 252 g/mol. The molecule has 0 aliphatic carbocycles. The maximum atomic E-state index is 9.16. The smallest absolute Gasteiger partial charge is 0.154 e. The van der Waals surface area contributed by atoms with Crippen LogP contribution in [0.15, 0.2) is 60.2 Å². The van der Waals surface area contributed by atoms with Crippen LogP contribution in [-0.2, 0) is 0 Å². The number of hydrogen-bond acceptors (Lipinski definition) is 6. The summed E-state index contributed by atoms with van der Waals surface area (Å²) in [7, 11) is 0. The highest BCUT2D eigenvalue weighted by Gasteiger charge is 2.08. The monoisotopic (exact) mass is 262 g/mol. The Kier molecular flexibility index (Phi) is 4.26. The summed E-state index contributed by atoms with van der Waals surface area (Å²) in [6, 6.07) is 14.4. The maximum absolute atomic E-state index is 9.16. The van der Waals surface area contributed by atoms with E-state index in [9.17, 15) is 0 Å². The van der Waals surface area contributed by atoms with E-state index in [1.54, 1.807) is 48.8 Å². The van der Waals surface area contributed by atoms with Gasteiger partial charge in [0, 0.05) is 12.4 Å². The second-order valence-corrected chi connectivity index (χ2v) is 3.65. The van der Waals surface area contributed by atoms with Gasteiger partial charge in [-0.3, -0.25) is 0 Å². The largest absolute Gasteiger partial charge is 0.329 e. The molecule has 0 saturated heterocycles. The van der Waals surface area contributed by atoms with Crippen molar-refractivity contribution in [1.29, 1.82) is 10.5 Å². The van der Waals surface area contributed by atoms with Gasteiger partial charge in [0.25, 0.3) is 0 Å². The lowest BCUT2D eigenvalue weighted by atomic mass is 10.3. The van der Waals surface area contributed by atoms with Crippen molar-refractivity contribution >= 4 is 11.6 Å². The number of anilines is 2. The highest BCUT2D eigenvalue weighted by atomic mass is 15.0. The molecule has 0 atom stereocenters. The first-order valence-electron chi connectivity index (χ1n) is 5.74. The van der Waals surface area contributed by atoms with Gasteiger partial charge in [0.15, 0.2) is 11.4 Å². The summed E-state index contributed by atoms with van der Waals surface area (Å²) in [5.41, 5.74) is 0.161. The fraction of sp³-hybridized carbons (Fsp3) is 0. The van der Waals surface area contributed by atoms with Gasteiger partial charge in [-0.15, -0.1) is 0 Å². The Morgan fingerprint density at radius 1 is 0.800 bits per heavy atom. The average Bonchev–Trinajstić information content (AvgIpc) is 2.52. The highest BCUT2D eigenvalue weighted by Crippen LogP contribution is 2.11. The van der Waals surface area contributed by atoms with Gasteiger partial charge in [-0.25, -0.2) is 9.97 Å². The maximum Gasteiger partial charge on any atom is 0.154 e. The number of pyridine rings is 2.